The van der Waals surface area contributed by atoms with Crippen molar-refractivity contribution in [3.05, 3.63) is 17.1 Å². The zero-order valence-corrected chi connectivity index (χ0v) is 10.1. The monoisotopic (exact) mass is 251 g/mol. The number of carbonyl (C=O) groups is 1. The molecule has 0 atom stereocenters. The molecule has 17 heavy (non-hydrogen) atoms. The molecule has 0 saturated carbocycles. The molecule has 1 fully saturated rings. The number of hydrogen-bond acceptors (Lipinski definition) is 4. The highest BCUT2D eigenvalue weighted by Crippen LogP contribution is 2.30. The van der Waals surface area contributed by atoms with Gasteiger partial charge in [-0.25, -0.2) is 0 Å². The van der Waals surface area contributed by atoms with Gasteiger partial charge in [-0.15, -0.1) is 11.3 Å². The molecule has 0 aliphatic carbocycles. The fourth-order valence-electron chi connectivity index (χ4n) is 2.16. The van der Waals surface area contributed by atoms with E-state index in [4.69, 9.17) is 10.5 Å². The Kier molecular flexibility index (Phi) is 2.60. The minimum Gasteiger partial charge on any atom is -0.381 e. The second-order valence-electron chi connectivity index (χ2n) is 4.17. The Morgan fingerprint density at radius 2 is 2.29 bits per heavy atom. The molecule has 0 aromatic carbocycles. The number of amides is 1. The highest BCUT2D eigenvalue weighted by molar-refractivity contribution is 7.20. The van der Waals surface area contributed by atoms with Gasteiger partial charge in [0, 0.05) is 18.6 Å². The molecule has 0 bridgehead atoms. The van der Waals surface area contributed by atoms with E-state index in [1.54, 1.807) is 6.20 Å². The third-order valence-electron chi connectivity index (χ3n) is 3.05. The van der Waals surface area contributed by atoms with Gasteiger partial charge in [-0.2, -0.15) is 5.10 Å². The van der Waals surface area contributed by atoms with E-state index in [1.807, 2.05) is 10.7 Å². The van der Waals surface area contributed by atoms with Crippen LogP contribution in [0.15, 0.2) is 12.3 Å². The van der Waals surface area contributed by atoms with E-state index in [0.717, 1.165) is 36.3 Å². The van der Waals surface area contributed by atoms with Gasteiger partial charge in [-0.1, -0.05) is 0 Å². The van der Waals surface area contributed by atoms with Gasteiger partial charge in [0.2, 0.25) is 0 Å². The van der Waals surface area contributed by atoms with Gasteiger partial charge < -0.3 is 10.5 Å². The van der Waals surface area contributed by atoms with Crippen LogP contribution in [-0.2, 0) is 4.74 Å². The third-order valence-corrected chi connectivity index (χ3v) is 4.20. The Morgan fingerprint density at radius 3 is 3.00 bits per heavy atom. The van der Waals surface area contributed by atoms with E-state index < -0.39 is 0 Å². The van der Waals surface area contributed by atoms with Crippen LogP contribution in [-0.4, -0.2) is 28.9 Å². The molecule has 0 unspecified atom stereocenters. The van der Waals surface area contributed by atoms with Gasteiger partial charge in [0.1, 0.15) is 4.83 Å². The average molecular weight is 251 g/mol. The zero-order valence-electron chi connectivity index (χ0n) is 9.26. The lowest BCUT2D eigenvalue weighted by molar-refractivity contribution is 0.0676. The van der Waals surface area contributed by atoms with Crippen LogP contribution in [0.1, 0.15) is 28.6 Å². The average Bonchev–Trinajstić information content (AvgIpc) is 2.89. The number of primary amides is 1. The van der Waals surface area contributed by atoms with Crippen molar-refractivity contribution in [2.75, 3.05) is 13.2 Å². The van der Waals surface area contributed by atoms with Crippen LogP contribution >= 0.6 is 11.3 Å². The van der Waals surface area contributed by atoms with Crippen LogP contribution in [0.5, 0.6) is 0 Å². The second-order valence-corrected chi connectivity index (χ2v) is 5.20. The molecule has 1 saturated heterocycles. The molecule has 0 spiro atoms. The largest absolute Gasteiger partial charge is 0.381 e. The summed E-state index contributed by atoms with van der Waals surface area (Å²) in [5.74, 6) is -0.371. The zero-order chi connectivity index (χ0) is 11.8. The number of rotatable bonds is 2. The molecule has 2 aromatic rings. The summed E-state index contributed by atoms with van der Waals surface area (Å²) in [6, 6.07) is 2.19. The quantitative estimate of drug-likeness (QED) is 0.880. The summed E-state index contributed by atoms with van der Waals surface area (Å²) in [5.41, 5.74) is 5.29. The normalized spacial score (nSPS) is 17.6. The van der Waals surface area contributed by atoms with Crippen molar-refractivity contribution < 1.29 is 9.53 Å². The summed E-state index contributed by atoms with van der Waals surface area (Å²) in [5, 5.41) is 5.39. The number of ether oxygens (including phenoxy) is 1. The van der Waals surface area contributed by atoms with Crippen molar-refractivity contribution in [3.8, 4) is 0 Å². The van der Waals surface area contributed by atoms with E-state index in [9.17, 15) is 4.79 Å². The molecule has 5 nitrogen and oxygen atoms in total. The SMILES string of the molecule is NC(=O)c1cc2cnn(C3CCOCC3)c2s1. The minimum atomic E-state index is -0.371. The third kappa shape index (κ3) is 1.83. The number of thiophene rings is 1. The maximum absolute atomic E-state index is 11.1. The first kappa shape index (κ1) is 10.7. The molecule has 2 aromatic heterocycles. The van der Waals surface area contributed by atoms with Crippen LogP contribution in [0, 0.1) is 0 Å². The molecular weight excluding hydrogens is 238 g/mol. The predicted octanol–water partition coefficient (Wildman–Crippen LogP) is 1.55. The Morgan fingerprint density at radius 1 is 1.53 bits per heavy atom. The molecular formula is C11H13N3O2S. The molecule has 1 aliphatic rings. The summed E-state index contributed by atoms with van der Waals surface area (Å²) in [7, 11) is 0. The van der Waals surface area contributed by atoms with Gasteiger partial charge in [0.25, 0.3) is 5.91 Å². The summed E-state index contributed by atoms with van der Waals surface area (Å²) >= 11 is 1.42. The van der Waals surface area contributed by atoms with Crippen LogP contribution in [0.2, 0.25) is 0 Å². The van der Waals surface area contributed by atoms with Gasteiger partial charge in [-0.05, 0) is 18.9 Å². The van der Waals surface area contributed by atoms with Crippen molar-refractivity contribution >= 4 is 27.5 Å². The number of carbonyl (C=O) groups excluding carboxylic acids is 1. The van der Waals surface area contributed by atoms with E-state index in [-0.39, 0.29) is 5.91 Å². The predicted molar refractivity (Wildman–Crippen MR) is 65.2 cm³/mol. The Balaban J connectivity index is 2.00. The number of nitrogens with zero attached hydrogens (tertiary/aromatic N) is 2. The lowest BCUT2D eigenvalue weighted by atomic mass is 10.1. The number of aromatic nitrogens is 2. The molecule has 1 amide bonds. The first-order valence-electron chi connectivity index (χ1n) is 5.60. The van der Waals surface area contributed by atoms with Crippen molar-refractivity contribution in [2.24, 2.45) is 5.73 Å². The fourth-order valence-corrected chi connectivity index (χ4v) is 3.17. The lowest BCUT2D eigenvalue weighted by Gasteiger charge is -2.22. The maximum atomic E-state index is 11.1. The van der Waals surface area contributed by atoms with Crippen molar-refractivity contribution in [2.45, 2.75) is 18.9 Å². The summed E-state index contributed by atoms with van der Waals surface area (Å²) < 4.78 is 7.35. The number of nitrogens with two attached hydrogens (primary N) is 1. The first-order valence-corrected chi connectivity index (χ1v) is 6.42. The van der Waals surface area contributed by atoms with Crippen molar-refractivity contribution in [1.82, 2.24) is 9.78 Å². The first-order chi connectivity index (χ1) is 8.25. The van der Waals surface area contributed by atoms with Crippen molar-refractivity contribution in [3.63, 3.8) is 0 Å². The summed E-state index contributed by atoms with van der Waals surface area (Å²) in [6.45, 7) is 1.56. The van der Waals surface area contributed by atoms with E-state index in [0.29, 0.717) is 10.9 Å². The van der Waals surface area contributed by atoms with Gasteiger partial charge in [0.05, 0.1) is 17.1 Å². The van der Waals surface area contributed by atoms with Crippen LogP contribution in [0.3, 0.4) is 0 Å². The van der Waals surface area contributed by atoms with Crippen LogP contribution < -0.4 is 5.73 Å². The lowest BCUT2D eigenvalue weighted by Crippen LogP contribution is -2.20. The molecule has 90 valence electrons. The van der Waals surface area contributed by atoms with E-state index in [1.165, 1.54) is 11.3 Å². The standard InChI is InChI=1S/C11H13N3O2S/c12-10(15)9-5-7-6-13-14(11(7)17-9)8-1-3-16-4-2-8/h5-6,8H,1-4H2,(H2,12,15). The summed E-state index contributed by atoms with van der Waals surface area (Å²) in [4.78, 5) is 12.8. The molecule has 3 rings (SSSR count). The smallest absolute Gasteiger partial charge is 0.258 e. The van der Waals surface area contributed by atoms with Gasteiger partial charge in [0.15, 0.2) is 0 Å². The Hall–Kier alpha value is -1.40. The van der Waals surface area contributed by atoms with Crippen molar-refractivity contribution in [1.29, 1.82) is 0 Å². The molecule has 6 heteroatoms. The second kappa shape index (κ2) is 4.12. The number of hydrogen-bond donors (Lipinski definition) is 1. The number of fused-ring (bicyclic) bond motifs is 1. The molecule has 3 heterocycles. The van der Waals surface area contributed by atoms with E-state index in [2.05, 4.69) is 5.10 Å². The Bertz CT molecular complexity index is 554. The highest BCUT2D eigenvalue weighted by atomic mass is 32.1. The maximum Gasteiger partial charge on any atom is 0.258 e. The van der Waals surface area contributed by atoms with Gasteiger partial charge >= 0.3 is 0 Å². The van der Waals surface area contributed by atoms with Crippen LogP contribution in [0.4, 0.5) is 0 Å². The van der Waals surface area contributed by atoms with Gasteiger partial charge in [-0.3, -0.25) is 9.48 Å². The topological polar surface area (TPSA) is 70.1 Å². The molecule has 0 radical (unpaired) electrons. The Labute approximate surface area is 102 Å². The minimum absolute atomic E-state index is 0.371. The molecule has 2 N–H and O–H groups in total. The van der Waals surface area contributed by atoms with Crippen LogP contribution in [0.25, 0.3) is 10.2 Å². The summed E-state index contributed by atoms with van der Waals surface area (Å²) in [6.07, 6.45) is 3.74. The molecule has 1 aliphatic heterocycles. The fraction of sp³-hybridized carbons (Fsp3) is 0.455. The van der Waals surface area contributed by atoms with E-state index >= 15 is 0 Å². The highest BCUT2D eigenvalue weighted by Gasteiger charge is 2.20.